The molecular weight excluding hydrogens is 276 g/mol. The highest BCUT2D eigenvalue weighted by atomic mass is 79.9. The van der Waals surface area contributed by atoms with Gasteiger partial charge in [0, 0.05) is 18.2 Å². The van der Waals surface area contributed by atoms with E-state index in [0.717, 1.165) is 25.5 Å². The normalized spacial score (nSPS) is 21.6. The van der Waals surface area contributed by atoms with Gasteiger partial charge < -0.3 is 0 Å². The Labute approximate surface area is 103 Å². The second-order valence-corrected chi connectivity index (χ2v) is 5.08. The fourth-order valence-electron chi connectivity index (χ4n) is 2.14. The SMILES string of the molecule is CC1CCCN1Cc1c(F)ccc(F)c1Br. The van der Waals surface area contributed by atoms with Crippen LogP contribution in [0.25, 0.3) is 0 Å². The van der Waals surface area contributed by atoms with Crippen LogP contribution >= 0.6 is 15.9 Å². The van der Waals surface area contributed by atoms with Crippen LogP contribution in [0.1, 0.15) is 25.3 Å². The van der Waals surface area contributed by atoms with Crippen LogP contribution in [0.5, 0.6) is 0 Å². The van der Waals surface area contributed by atoms with E-state index in [4.69, 9.17) is 0 Å². The quantitative estimate of drug-likeness (QED) is 0.750. The molecule has 0 amide bonds. The van der Waals surface area contributed by atoms with E-state index in [9.17, 15) is 8.78 Å². The lowest BCUT2D eigenvalue weighted by atomic mass is 10.2. The summed E-state index contributed by atoms with van der Waals surface area (Å²) in [5.41, 5.74) is 0.425. The van der Waals surface area contributed by atoms with Gasteiger partial charge in [0.15, 0.2) is 0 Å². The molecule has 1 aliphatic rings. The minimum absolute atomic E-state index is 0.256. The van der Waals surface area contributed by atoms with Gasteiger partial charge in [-0.1, -0.05) is 0 Å². The second kappa shape index (κ2) is 4.80. The molecule has 0 N–H and O–H groups in total. The van der Waals surface area contributed by atoms with Crippen molar-refractivity contribution in [3.63, 3.8) is 0 Å². The lowest BCUT2D eigenvalue weighted by molar-refractivity contribution is 0.255. The highest BCUT2D eigenvalue weighted by Crippen LogP contribution is 2.27. The third-order valence-electron chi connectivity index (χ3n) is 3.19. The molecule has 0 aromatic heterocycles. The first-order chi connectivity index (χ1) is 7.59. The zero-order chi connectivity index (χ0) is 11.7. The van der Waals surface area contributed by atoms with E-state index < -0.39 is 5.82 Å². The van der Waals surface area contributed by atoms with Gasteiger partial charge in [0.25, 0.3) is 0 Å². The van der Waals surface area contributed by atoms with E-state index >= 15 is 0 Å². The average molecular weight is 290 g/mol. The predicted molar refractivity (Wildman–Crippen MR) is 63.2 cm³/mol. The minimum Gasteiger partial charge on any atom is -0.296 e. The van der Waals surface area contributed by atoms with Crippen molar-refractivity contribution in [2.45, 2.75) is 32.4 Å². The molecule has 1 unspecified atom stereocenters. The van der Waals surface area contributed by atoms with E-state index in [1.807, 2.05) is 0 Å². The summed E-state index contributed by atoms with van der Waals surface area (Å²) in [6, 6.07) is 2.79. The molecule has 0 spiro atoms. The van der Waals surface area contributed by atoms with Crippen LogP contribution in [0.4, 0.5) is 8.78 Å². The van der Waals surface area contributed by atoms with E-state index in [-0.39, 0.29) is 10.3 Å². The third-order valence-corrected chi connectivity index (χ3v) is 4.05. The first-order valence-electron chi connectivity index (χ1n) is 5.46. The van der Waals surface area contributed by atoms with Crippen LogP contribution in [0.3, 0.4) is 0 Å². The zero-order valence-electron chi connectivity index (χ0n) is 9.14. The fraction of sp³-hybridized carbons (Fsp3) is 0.500. The molecule has 4 heteroatoms. The molecule has 16 heavy (non-hydrogen) atoms. The lowest BCUT2D eigenvalue weighted by Gasteiger charge is -2.22. The zero-order valence-corrected chi connectivity index (χ0v) is 10.7. The van der Waals surface area contributed by atoms with Crippen LogP contribution in [-0.4, -0.2) is 17.5 Å². The van der Waals surface area contributed by atoms with E-state index in [0.29, 0.717) is 18.2 Å². The number of rotatable bonds is 2. The maximum absolute atomic E-state index is 13.6. The van der Waals surface area contributed by atoms with Gasteiger partial charge in [-0.25, -0.2) is 8.78 Å². The molecule has 1 fully saturated rings. The molecule has 1 saturated heterocycles. The Morgan fingerprint density at radius 2 is 2.06 bits per heavy atom. The van der Waals surface area contributed by atoms with Crippen LogP contribution in [0.2, 0.25) is 0 Å². The highest BCUT2D eigenvalue weighted by Gasteiger charge is 2.23. The van der Waals surface area contributed by atoms with E-state index in [1.54, 1.807) is 0 Å². The van der Waals surface area contributed by atoms with Crippen molar-refractivity contribution in [2.24, 2.45) is 0 Å². The maximum Gasteiger partial charge on any atom is 0.137 e. The van der Waals surface area contributed by atoms with Crippen molar-refractivity contribution in [3.05, 3.63) is 33.8 Å². The third kappa shape index (κ3) is 2.28. The minimum atomic E-state index is -0.400. The first kappa shape index (κ1) is 12.0. The molecule has 0 bridgehead atoms. The van der Waals surface area contributed by atoms with Crippen molar-refractivity contribution in [3.8, 4) is 0 Å². The number of halogens is 3. The summed E-state index contributed by atoms with van der Waals surface area (Å²) in [7, 11) is 0. The van der Waals surface area contributed by atoms with Gasteiger partial charge in [-0.3, -0.25) is 4.90 Å². The van der Waals surface area contributed by atoms with Crippen molar-refractivity contribution in [2.75, 3.05) is 6.54 Å². The standard InChI is InChI=1S/C12H14BrF2N/c1-8-3-2-6-16(8)7-9-10(14)4-5-11(15)12(9)13/h4-5,8H,2-3,6-7H2,1H3. The lowest BCUT2D eigenvalue weighted by Crippen LogP contribution is -2.27. The Morgan fingerprint density at radius 1 is 1.38 bits per heavy atom. The smallest absolute Gasteiger partial charge is 0.137 e. The van der Waals surface area contributed by atoms with Gasteiger partial charge >= 0.3 is 0 Å². The number of likely N-dealkylation sites (tertiary alicyclic amines) is 1. The van der Waals surface area contributed by atoms with Crippen molar-refractivity contribution in [1.82, 2.24) is 4.90 Å². The largest absolute Gasteiger partial charge is 0.296 e. The molecule has 0 saturated carbocycles. The molecule has 88 valence electrons. The molecule has 1 nitrogen and oxygen atoms in total. The topological polar surface area (TPSA) is 3.24 Å². The van der Waals surface area contributed by atoms with Crippen LogP contribution in [0.15, 0.2) is 16.6 Å². The number of nitrogens with zero attached hydrogens (tertiary/aromatic N) is 1. The molecule has 1 heterocycles. The summed E-state index contributed by atoms with van der Waals surface area (Å²) < 4.78 is 27.1. The molecule has 1 aromatic carbocycles. The van der Waals surface area contributed by atoms with Gasteiger partial charge in [-0.2, -0.15) is 0 Å². The Morgan fingerprint density at radius 3 is 2.69 bits per heavy atom. The number of benzene rings is 1. The fourth-order valence-corrected chi connectivity index (χ4v) is 2.59. The summed E-state index contributed by atoms with van der Waals surface area (Å²) in [5.74, 6) is -0.740. The maximum atomic E-state index is 13.6. The average Bonchev–Trinajstić information content (AvgIpc) is 2.65. The monoisotopic (exact) mass is 289 g/mol. The summed E-state index contributed by atoms with van der Waals surface area (Å²) in [5, 5.41) is 0. The van der Waals surface area contributed by atoms with Crippen molar-refractivity contribution < 1.29 is 8.78 Å². The molecule has 0 radical (unpaired) electrons. The molecular formula is C12H14BrF2N. The summed E-state index contributed by atoms with van der Waals surface area (Å²) >= 11 is 3.12. The Kier molecular flexibility index (Phi) is 3.60. The van der Waals surface area contributed by atoms with Crippen molar-refractivity contribution in [1.29, 1.82) is 0 Å². The van der Waals surface area contributed by atoms with Gasteiger partial charge in [0.05, 0.1) is 4.47 Å². The molecule has 1 atom stereocenters. The molecule has 0 aliphatic carbocycles. The molecule has 1 aromatic rings. The Balaban J connectivity index is 2.23. The van der Waals surface area contributed by atoms with Gasteiger partial charge in [0.1, 0.15) is 11.6 Å². The van der Waals surface area contributed by atoms with Crippen molar-refractivity contribution >= 4 is 15.9 Å². The number of hydrogen-bond acceptors (Lipinski definition) is 1. The molecule has 1 aliphatic heterocycles. The Bertz CT molecular complexity index is 395. The summed E-state index contributed by atoms with van der Waals surface area (Å²) in [4.78, 5) is 2.18. The molecule has 2 rings (SSSR count). The van der Waals surface area contributed by atoms with E-state index in [2.05, 4.69) is 27.8 Å². The highest BCUT2D eigenvalue weighted by molar-refractivity contribution is 9.10. The van der Waals surface area contributed by atoms with Crippen LogP contribution in [0, 0.1) is 11.6 Å². The first-order valence-corrected chi connectivity index (χ1v) is 6.25. The summed E-state index contributed by atoms with van der Waals surface area (Å²) in [6.07, 6.45) is 2.27. The summed E-state index contributed by atoms with van der Waals surface area (Å²) in [6.45, 7) is 3.56. The Hall–Kier alpha value is -0.480. The number of hydrogen-bond donors (Lipinski definition) is 0. The van der Waals surface area contributed by atoms with Crippen LogP contribution in [-0.2, 0) is 6.54 Å². The second-order valence-electron chi connectivity index (χ2n) is 4.28. The van der Waals surface area contributed by atoms with Crippen LogP contribution < -0.4 is 0 Å². The van der Waals surface area contributed by atoms with Gasteiger partial charge in [-0.15, -0.1) is 0 Å². The van der Waals surface area contributed by atoms with Gasteiger partial charge in [0.2, 0.25) is 0 Å². The van der Waals surface area contributed by atoms with E-state index in [1.165, 1.54) is 6.07 Å². The predicted octanol–water partition coefficient (Wildman–Crippen LogP) is 3.71. The van der Waals surface area contributed by atoms with Gasteiger partial charge in [-0.05, 0) is 54.4 Å².